The quantitative estimate of drug-likeness (QED) is 0.778. The summed E-state index contributed by atoms with van der Waals surface area (Å²) in [5, 5.41) is 0. The second kappa shape index (κ2) is 4.79. The number of allylic oxidation sites excluding steroid dienone is 1. The summed E-state index contributed by atoms with van der Waals surface area (Å²) < 4.78 is 0. The van der Waals surface area contributed by atoms with Crippen LogP contribution in [0.5, 0.6) is 0 Å². The molecule has 4 rings (SSSR count). The molecule has 1 aliphatic heterocycles. The zero-order valence-electron chi connectivity index (χ0n) is 11.6. The van der Waals surface area contributed by atoms with Crippen LogP contribution in [0.2, 0.25) is 0 Å². The Hall–Kier alpha value is -1.08. The number of hydrogen-bond acceptors (Lipinski definition) is 1. The zero-order valence-corrected chi connectivity index (χ0v) is 11.6. The number of benzene rings is 1. The van der Waals surface area contributed by atoms with Crippen LogP contribution in [-0.4, -0.2) is 24.5 Å². The van der Waals surface area contributed by atoms with Crippen molar-refractivity contribution in [2.75, 3.05) is 19.6 Å². The van der Waals surface area contributed by atoms with Crippen molar-refractivity contribution in [3.63, 3.8) is 0 Å². The largest absolute Gasteiger partial charge is 0.303 e. The predicted molar refractivity (Wildman–Crippen MR) is 79.9 cm³/mol. The molecule has 0 amide bonds. The number of piperidine rings is 1. The molecule has 1 aromatic carbocycles. The summed E-state index contributed by atoms with van der Waals surface area (Å²) in [6.07, 6.45) is 10.5. The Labute approximate surface area is 116 Å². The lowest BCUT2D eigenvalue weighted by atomic mass is 9.82. The van der Waals surface area contributed by atoms with Crippen molar-refractivity contribution in [3.05, 3.63) is 41.5 Å². The summed E-state index contributed by atoms with van der Waals surface area (Å²) in [5.74, 6) is 2.68. The smallest absolute Gasteiger partial charge is 0.00186 e. The molecular formula is C18H23N. The second-order valence-electron chi connectivity index (χ2n) is 6.68. The highest BCUT2D eigenvalue weighted by Gasteiger charge is 2.32. The molecule has 1 heteroatoms. The lowest BCUT2D eigenvalue weighted by molar-refractivity contribution is 0.137. The van der Waals surface area contributed by atoms with Crippen LogP contribution in [0.3, 0.4) is 0 Å². The van der Waals surface area contributed by atoms with Crippen molar-refractivity contribution in [3.8, 4) is 0 Å². The minimum absolute atomic E-state index is 0.808. The highest BCUT2D eigenvalue weighted by atomic mass is 15.1. The second-order valence-corrected chi connectivity index (χ2v) is 6.68. The van der Waals surface area contributed by atoms with E-state index in [1.54, 1.807) is 5.56 Å². The Morgan fingerprint density at radius 2 is 2.00 bits per heavy atom. The van der Waals surface area contributed by atoms with Gasteiger partial charge in [0.05, 0.1) is 0 Å². The minimum atomic E-state index is 0.808. The third kappa shape index (κ3) is 2.49. The molecule has 0 aromatic heterocycles. The molecule has 0 unspecified atom stereocenters. The highest BCUT2D eigenvalue weighted by molar-refractivity contribution is 5.55. The number of rotatable bonds is 2. The normalized spacial score (nSPS) is 30.5. The van der Waals surface area contributed by atoms with Gasteiger partial charge in [-0.2, -0.15) is 0 Å². The van der Waals surface area contributed by atoms with Gasteiger partial charge in [-0.15, -0.1) is 0 Å². The number of hydrogen-bond donors (Lipinski definition) is 0. The fourth-order valence-electron chi connectivity index (χ4n) is 3.82. The summed E-state index contributed by atoms with van der Waals surface area (Å²) in [6, 6.07) is 8.95. The molecule has 2 atom stereocenters. The van der Waals surface area contributed by atoms with E-state index in [2.05, 4.69) is 41.3 Å². The first-order valence-electron chi connectivity index (χ1n) is 7.87. The Morgan fingerprint density at radius 3 is 2.89 bits per heavy atom. The van der Waals surface area contributed by atoms with E-state index >= 15 is 0 Å². The SMILES string of the molecule is C1=C[C@@H]2CCN(CC3CC3)C[C@H]2Cc2ccccc21. The number of nitrogens with zero attached hydrogens (tertiary/aromatic N) is 1. The summed E-state index contributed by atoms with van der Waals surface area (Å²) in [6.45, 7) is 4.01. The summed E-state index contributed by atoms with van der Waals surface area (Å²) in [4.78, 5) is 2.74. The minimum Gasteiger partial charge on any atom is -0.303 e. The van der Waals surface area contributed by atoms with E-state index in [1.807, 2.05) is 0 Å². The standard InChI is InChI=1S/C18H23N/c1-2-4-17-11-18-13-19(12-14-5-6-14)10-9-16(18)8-7-15(17)3-1/h1-4,7-8,14,16,18H,5-6,9-13H2/t16-,18-/m1/s1. The van der Waals surface area contributed by atoms with Crippen LogP contribution >= 0.6 is 0 Å². The molecule has 2 fully saturated rings. The third-order valence-corrected chi connectivity index (χ3v) is 5.15. The van der Waals surface area contributed by atoms with Crippen LogP contribution in [0, 0.1) is 17.8 Å². The molecule has 3 aliphatic rings. The van der Waals surface area contributed by atoms with Crippen LogP contribution in [0.1, 0.15) is 30.4 Å². The Morgan fingerprint density at radius 1 is 1.11 bits per heavy atom. The first-order valence-corrected chi connectivity index (χ1v) is 7.87. The molecule has 0 bridgehead atoms. The van der Waals surface area contributed by atoms with E-state index in [0.29, 0.717) is 0 Å². The zero-order chi connectivity index (χ0) is 12.7. The van der Waals surface area contributed by atoms with Crippen molar-refractivity contribution in [1.82, 2.24) is 4.90 Å². The maximum Gasteiger partial charge on any atom is 0.00186 e. The van der Waals surface area contributed by atoms with Crippen molar-refractivity contribution < 1.29 is 0 Å². The fourth-order valence-corrected chi connectivity index (χ4v) is 3.82. The lowest BCUT2D eigenvalue weighted by Crippen LogP contribution is -2.41. The summed E-state index contributed by atoms with van der Waals surface area (Å²) in [5.41, 5.74) is 3.00. The average molecular weight is 253 g/mol. The van der Waals surface area contributed by atoms with Gasteiger partial charge in [-0.3, -0.25) is 0 Å². The first-order chi connectivity index (χ1) is 9.38. The molecule has 1 nitrogen and oxygen atoms in total. The topological polar surface area (TPSA) is 3.24 Å². The van der Waals surface area contributed by atoms with Crippen molar-refractivity contribution in [2.45, 2.75) is 25.7 Å². The molecule has 19 heavy (non-hydrogen) atoms. The van der Waals surface area contributed by atoms with Gasteiger partial charge in [0.2, 0.25) is 0 Å². The van der Waals surface area contributed by atoms with Crippen LogP contribution in [0.25, 0.3) is 6.08 Å². The Kier molecular flexibility index (Phi) is 2.96. The molecule has 1 saturated carbocycles. The van der Waals surface area contributed by atoms with Gasteiger partial charge in [0, 0.05) is 13.1 Å². The number of likely N-dealkylation sites (tertiary alicyclic amines) is 1. The third-order valence-electron chi connectivity index (χ3n) is 5.15. The Balaban J connectivity index is 1.52. The van der Waals surface area contributed by atoms with E-state index in [9.17, 15) is 0 Å². The predicted octanol–water partition coefficient (Wildman–Crippen LogP) is 3.60. The molecule has 0 N–H and O–H groups in total. The molecule has 2 aliphatic carbocycles. The van der Waals surface area contributed by atoms with E-state index in [4.69, 9.17) is 0 Å². The molecule has 0 spiro atoms. The van der Waals surface area contributed by atoms with Crippen LogP contribution in [0.15, 0.2) is 30.3 Å². The molecule has 0 radical (unpaired) electrons. The van der Waals surface area contributed by atoms with Gasteiger partial charge in [0.15, 0.2) is 0 Å². The van der Waals surface area contributed by atoms with Gasteiger partial charge < -0.3 is 4.90 Å². The summed E-state index contributed by atoms with van der Waals surface area (Å²) in [7, 11) is 0. The van der Waals surface area contributed by atoms with Crippen LogP contribution in [-0.2, 0) is 6.42 Å². The van der Waals surface area contributed by atoms with Gasteiger partial charge in [0.25, 0.3) is 0 Å². The molecule has 1 saturated heterocycles. The maximum atomic E-state index is 2.74. The summed E-state index contributed by atoms with van der Waals surface area (Å²) >= 11 is 0. The van der Waals surface area contributed by atoms with Gasteiger partial charge >= 0.3 is 0 Å². The highest BCUT2D eigenvalue weighted by Crippen LogP contribution is 2.35. The average Bonchev–Trinajstić information content (AvgIpc) is 3.24. The molecule has 100 valence electrons. The van der Waals surface area contributed by atoms with Gasteiger partial charge in [-0.25, -0.2) is 0 Å². The van der Waals surface area contributed by atoms with E-state index < -0.39 is 0 Å². The lowest BCUT2D eigenvalue weighted by Gasteiger charge is -2.37. The van der Waals surface area contributed by atoms with Crippen molar-refractivity contribution in [2.24, 2.45) is 17.8 Å². The van der Waals surface area contributed by atoms with Crippen LogP contribution < -0.4 is 0 Å². The van der Waals surface area contributed by atoms with Gasteiger partial charge in [-0.1, -0.05) is 36.4 Å². The van der Waals surface area contributed by atoms with Crippen molar-refractivity contribution in [1.29, 1.82) is 0 Å². The fraction of sp³-hybridized carbons (Fsp3) is 0.556. The molecule has 1 aromatic rings. The Bertz CT molecular complexity index is 486. The van der Waals surface area contributed by atoms with Crippen molar-refractivity contribution >= 4 is 6.08 Å². The maximum absolute atomic E-state index is 2.74. The van der Waals surface area contributed by atoms with Crippen LogP contribution in [0.4, 0.5) is 0 Å². The van der Waals surface area contributed by atoms with Gasteiger partial charge in [-0.05, 0) is 61.1 Å². The number of fused-ring (bicyclic) bond motifs is 2. The van der Waals surface area contributed by atoms with E-state index in [-0.39, 0.29) is 0 Å². The van der Waals surface area contributed by atoms with E-state index in [1.165, 1.54) is 50.9 Å². The first kappa shape index (κ1) is 11.7. The monoisotopic (exact) mass is 253 g/mol. The van der Waals surface area contributed by atoms with Gasteiger partial charge in [0.1, 0.15) is 0 Å². The van der Waals surface area contributed by atoms with E-state index in [0.717, 1.165) is 17.8 Å². The molecule has 1 heterocycles. The molecular weight excluding hydrogens is 230 g/mol.